The molecule has 0 heterocycles. The summed E-state index contributed by atoms with van der Waals surface area (Å²) in [4.78, 5) is 0. The Kier molecular flexibility index (Phi) is 5.36. The zero-order valence-corrected chi connectivity index (χ0v) is 17.4. The molecule has 1 nitrogen and oxygen atoms in total. The summed E-state index contributed by atoms with van der Waals surface area (Å²) in [6.07, 6.45) is 0. The number of aliphatic hydroxyl groups is 1. The van der Waals surface area contributed by atoms with Gasteiger partial charge in [-0.2, -0.15) is 0 Å². The molecule has 1 unspecified atom stereocenters. The van der Waals surface area contributed by atoms with Crippen LogP contribution in [0.5, 0.6) is 0 Å². The van der Waals surface area contributed by atoms with Crippen LogP contribution in [0.2, 0.25) is 5.02 Å². The topological polar surface area (TPSA) is 20.2 Å². The van der Waals surface area contributed by atoms with Crippen molar-refractivity contribution < 1.29 is 5.11 Å². The van der Waals surface area contributed by atoms with Gasteiger partial charge in [0.1, 0.15) is 5.60 Å². The largest absolute Gasteiger partial charge is 0.376 e. The number of benzene rings is 4. The molecule has 4 aromatic rings. The van der Waals surface area contributed by atoms with Gasteiger partial charge in [-0.3, -0.25) is 0 Å². The van der Waals surface area contributed by atoms with Gasteiger partial charge in [-0.1, -0.05) is 112 Å². The van der Waals surface area contributed by atoms with E-state index in [0.717, 1.165) is 26.7 Å². The molecule has 4 aromatic carbocycles. The first-order valence-corrected chi connectivity index (χ1v) is 10.2. The maximum absolute atomic E-state index is 12.2. The Morgan fingerprint density at radius 1 is 0.679 bits per heavy atom. The van der Waals surface area contributed by atoms with Crippen LogP contribution in [0.15, 0.2) is 108 Å². The second-order valence-corrected chi connectivity index (χ2v) is 8.00. The molecule has 138 valence electrons. The van der Waals surface area contributed by atoms with Crippen LogP contribution in [-0.2, 0) is 5.60 Å². The van der Waals surface area contributed by atoms with Crippen molar-refractivity contribution in [2.45, 2.75) is 5.60 Å². The van der Waals surface area contributed by atoms with E-state index in [0.29, 0.717) is 10.6 Å². The fraction of sp³-hybridized carbons (Fsp3) is 0.0400. The van der Waals surface area contributed by atoms with Crippen LogP contribution in [-0.4, -0.2) is 5.11 Å². The fourth-order valence-electron chi connectivity index (χ4n) is 3.59. The summed E-state index contributed by atoms with van der Waals surface area (Å²) in [6, 6.07) is 33.3. The first-order chi connectivity index (χ1) is 13.6. The second kappa shape index (κ2) is 7.92. The molecule has 0 radical (unpaired) electrons. The van der Waals surface area contributed by atoms with Gasteiger partial charge in [0.2, 0.25) is 0 Å². The molecule has 0 saturated heterocycles. The lowest BCUT2D eigenvalue weighted by atomic mass is 9.77. The van der Waals surface area contributed by atoms with Gasteiger partial charge in [-0.15, -0.1) is 0 Å². The Labute approximate surface area is 178 Å². The van der Waals surface area contributed by atoms with Gasteiger partial charge in [0.25, 0.3) is 0 Å². The van der Waals surface area contributed by atoms with Crippen molar-refractivity contribution in [3.05, 3.63) is 129 Å². The molecule has 28 heavy (non-hydrogen) atoms. The lowest BCUT2D eigenvalue weighted by molar-refractivity contribution is 0.126. The predicted octanol–water partition coefficient (Wildman–Crippen LogP) is 7.05. The van der Waals surface area contributed by atoms with Crippen molar-refractivity contribution in [2.24, 2.45) is 0 Å². The maximum atomic E-state index is 12.2. The zero-order valence-electron chi connectivity index (χ0n) is 15.0. The van der Waals surface area contributed by atoms with E-state index in [9.17, 15) is 5.11 Å². The lowest BCUT2D eigenvalue weighted by Gasteiger charge is -2.32. The highest BCUT2D eigenvalue weighted by atomic mass is 79.9. The second-order valence-electron chi connectivity index (χ2n) is 6.65. The molecule has 0 bridgehead atoms. The highest BCUT2D eigenvalue weighted by molar-refractivity contribution is 9.10. The molecule has 0 aliphatic rings. The van der Waals surface area contributed by atoms with Gasteiger partial charge in [0, 0.05) is 15.1 Å². The van der Waals surface area contributed by atoms with Crippen molar-refractivity contribution in [3.8, 4) is 11.1 Å². The van der Waals surface area contributed by atoms with Crippen LogP contribution >= 0.6 is 27.5 Å². The third-order valence-corrected chi connectivity index (χ3v) is 5.55. The van der Waals surface area contributed by atoms with Crippen molar-refractivity contribution in [1.29, 1.82) is 0 Å². The minimum atomic E-state index is -1.36. The lowest BCUT2D eigenvalue weighted by Crippen LogP contribution is -2.29. The monoisotopic (exact) mass is 448 g/mol. The summed E-state index contributed by atoms with van der Waals surface area (Å²) in [7, 11) is 0. The van der Waals surface area contributed by atoms with E-state index in [-0.39, 0.29) is 0 Å². The van der Waals surface area contributed by atoms with Crippen LogP contribution in [0.4, 0.5) is 0 Å². The molecule has 0 spiro atoms. The van der Waals surface area contributed by atoms with E-state index in [4.69, 9.17) is 11.6 Å². The van der Waals surface area contributed by atoms with Gasteiger partial charge in [0.05, 0.1) is 0 Å². The molecule has 0 saturated carbocycles. The minimum Gasteiger partial charge on any atom is -0.376 e. The van der Waals surface area contributed by atoms with Gasteiger partial charge in [-0.05, 0) is 40.5 Å². The van der Waals surface area contributed by atoms with Crippen LogP contribution in [0.3, 0.4) is 0 Å². The van der Waals surface area contributed by atoms with Crippen molar-refractivity contribution in [3.63, 3.8) is 0 Å². The molecular weight excluding hydrogens is 432 g/mol. The summed E-state index contributed by atoms with van der Waals surface area (Å²) in [5.74, 6) is 0. The van der Waals surface area contributed by atoms with E-state index in [1.807, 2.05) is 91.0 Å². The van der Waals surface area contributed by atoms with E-state index >= 15 is 0 Å². The number of rotatable bonds is 4. The van der Waals surface area contributed by atoms with Crippen molar-refractivity contribution in [2.75, 3.05) is 0 Å². The van der Waals surface area contributed by atoms with E-state index in [1.165, 1.54) is 0 Å². The summed E-state index contributed by atoms with van der Waals surface area (Å²) >= 11 is 9.87. The molecule has 0 aromatic heterocycles. The number of halogens is 2. The van der Waals surface area contributed by atoms with Crippen LogP contribution in [0, 0.1) is 0 Å². The molecule has 0 fully saturated rings. The van der Waals surface area contributed by atoms with Gasteiger partial charge < -0.3 is 5.11 Å². The summed E-state index contributed by atoms with van der Waals surface area (Å²) in [5, 5.41) is 12.8. The first-order valence-electron chi connectivity index (χ1n) is 8.98. The molecule has 4 rings (SSSR count). The summed E-state index contributed by atoms with van der Waals surface area (Å²) in [6.45, 7) is 0. The van der Waals surface area contributed by atoms with E-state index < -0.39 is 5.60 Å². The quantitative estimate of drug-likeness (QED) is 0.331. The molecule has 1 atom stereocenters. The Morgan fingerprint density at radius 2 is 1.29 bits per heavy atom. The van der Waals surface area contributed by atoms with Gasteiger partial charge in [0.15, 0.2) is 0 Å². The Morgan fingerprint density at radius 3 is 1.96 bits per heavy atom. The van der Waals surface area contributed by atoms with Crippen molar-refractivity contribution >= 4 is 27.5 Å². The molecule has 1 N–H and O–H groups in total. The number of hydrogen-bond acceptors (Lipinski definition) is 1. The SMILES string of the molecule is OC(c1ccccc1)(c1cc(Cl)cc(Br)c1)c1ccccc1-c1ccccc1. The van der Waals surface area contributed by atoms with Gasteiger partial charge in [-0.25, -0.2) is 0 Å². The highest BCUT2D eigenvalue weighted by Gasteiger charge is 2.36. The molecular formula is C25H18BrClO. The molecule has 0 aliphatic carbocycles. The highest BCUT2D eigenvalue weighted by Crippen LogP contribution is 2.42. The summed E-state index contributed by atoms with van der Waals surface area (Å²) < 4.78 is 0.821. The summed E-state index contributed by atoms with van der Waals surface area (Å²) in [5.41, 5.74) is 2.97. The van der Waals surface area contributed by atoms with Gasteiger partial charge >= 0.3 is 0 Å². The molecule has 0 amide bonds. The van der Waals surface area contributed by atoms with E-state index in [2.05, 4.69) is 28.1 Å². The Hall–Kier alpha value is -2.39. The average molecular weight is 450 g/mol. The van der Waals surface area contributed by atoms with Crippen LogP contribution < -0.4 is 0 Å². The van der Waals surface area contributed by atoms with Crippen LogP contribution in [0.1, 0.15) is 16.7 Å². The van der Waals surface area contributed by atoms with Crippen molar-refractivity contribution in [1.82, 2.24) is 0 Å². The Bertz CT molecular complexity index is 1080. The average Bonchev–Trinajstić information content (AvgIpc) is 2.74. The normalized spacial score (nSPS) is 13.1. The van der Waals surface area contributed by atoms with Crippen LogP contribution in [0.25, 0.3) is 11.1 Å². The predicted molar refractivity (Wildman–Crippen MR) is 120 cm³/mol. The standard InChI is InChI=1S/C25H18BrClO/c26-21-15-20(16-22(27)17-21)25(28,19-11-5-2-6-12-19)24-14-8-7-13-23(24)18-9-3-1-4-10-18/h1-17,28H. The fourth-order valence-corrected chi connectivity index (χ4v) is 4.45. The first kappa shape index (κ1) is 18.9. The third-order valence-electron chi connectivity index (χ3n) is 4.87. The zero-order chi connectivity index (χ0) is 19.6. The Balaban J connectivity index is 2.04. The number of hydrogen-bond donors (Lipinski definition) is 1. The molecule has 0 aliphatic heterocycles. The maximum Gasteiger partial charge on any atom is 0.141 e. The smallest absolute Gasteiger partial charge is 0.141 e. The molecule has 3 heteroatoms. The third kappa shape index (κ3) is 3.51. The van der Waals surface area contributed by atoms with E-state index in [1.54, 1.807) is 0 Å². The minimum absolute atomic E-state index is 0.566.